The number of nitrogens with two attached hydrogens (primary N) is 1. The number of urea groups is 1. The average Bonchev–Trinajstić information content (AvgIpc) is 2.41. The van der Waals surface area contributed by atoms with E-state index in [9.17, 15) is 9.59 Å². The Morgan fingerprint density at radius 1 is 1.25 bits per heavy atom. The molecule has 2 amide bonds. The van der Waals surface area contributed by atoms with Crippen LogP contribution in [-0.2, 0) is 11.2 Å². The number of carboxylic acids is 1. The summed E-state index contributed by atoms with van der Waals surface area (Å²) in [5.41, 5.74) is 7.17. The minimum atomic E-state index is -0.869. The SMILES string of the molecule is NC1CCN(C(=O)Nc2ccc(CC(=O)O)cc2)CC1. The number of amides is 2. The fourth-order valence-electron chi connectivity index (χ4n) is 2.19. The largest absolute Gasteiger partial charge is 0.481 e. The standard InChI is InChI=1S/C14H19N3O3/c15-11-5-7-17(8-6-11)14(20)16-12-3-1-10(2-4-12)9-13(18)19/h1-4,11H,5-9,15H2,(H,16,20)(H,18,19). The van der Waals surface area contributed by atoms with Gasteiger partial charge in [-0.1, -0.05) is 12.1 Å². The first kappa shape index (κ1) is 14.3. The van der Waals surface area contributed by atoms with Crippen molar-refractivity contribution in [2.24, 2.45) is 5.73 Å². The molecule has 108 valence electrons. The molecule has 0 aliphatic carbocycles. The van der Waals surface area contributed by atoms with E-state index in [0.717, 1.165) is 12.8 Å². The van der Waals surface area contributed by atoms with Crippen LogP contribution in [0.4, 0.5) is 10.5 Å². The van der Waals surface area contributed by atoms with Gasteiger partial charge in [0.1, 0.15) is 0 Å². The van der Waals surface area contributed by atoms with Gasteiger partial charge in [0, 0.05) is 24.8 Å². The molecule has 6 nitrogen and oxygen atoms in total. The van der Waals surface area contributed by atoms with Gasteiger partial charge in [-0.25, -0.2) is 4.79 Å². The van der Waals surface area contributed by atoms with Crippen LogP contribution in [0, 0.1) is 0 Å². The lowest BCUT2D eigenvalue weighted by Gasteiger charge is -2.30. The van der Waals surface area contributed by atoms with E-state index < -0.39 is 5.97 Å². The third kappa shape index (κ3) is 3.96. The number of carbonyl (C=O) groups is 2. The first-order chi connectivity index (χ1) is 9.54. The van der Waals surface area contributed by atoms with Crippen molar-refractivity contribution in [3.8, 4) is 0 Å². The van der Waals surface area contributed by atoms with Crippen LogP contribution in [0.3, 0.4) is 0 Å². The lowest BCUT2D eigenvalue weighted by atomic mass is 10.1. The Kier molecular flexibility index (Phi) is 4.57. The fraction of sp³-hybridized carbons (Fsp3) is 0.429. The van der Waals surface area contributed by atoms with E-state index in [-0.39, 0.29) is 18.5 Å². The molecule has 1 aromatic carbocycles. The summed E-state index contributed by atoms with van der Waals surface area (Å²) in [5.74, 6) is -0.869. The summed E-state index contributed by atoms with van der Waals surface area (Å²) in [4.78, 5) is 24.3. The highest BCUT2D eigenvalue weighted by Gasteiger charge is 2.20. The van der Waals surface area contributed by atoms with Crippen LogP contribution >= 0.6 is 0 Å². The van der Waals surface area contributed by atoms with Crippen molar-refractivity contribution < 1.29 is 14.7 Å². The third-order valence-corrected chi connectivity index (χ3v) is 3.39. The van der Waals surface area contributed by atoms with E-state index >= 15 is 0 Å². The quantitative estimate of drug-likeness (QED) is 0.775. The molecule has 0 unspecified atom stereocenters. The van der Waals surface area contributed by atoms with E-state index in [1.165, 1.54) is 0 Å². The first-order valence-electron chi connectivity index (χ1n) is 6.67. The maximum Gasteiger partial charge on any atom is 0.321 e. The molecule has 1 fully saturated rings. The molecule has 0 atom stereocenters. The van der Waals surface area contributed by atoms with Gasteiger partial charge in [0.2, 0.25) is 0 Å². The summed E-state index contributed by atoms with van der Waals surface area (Å²) in [7, 11) is 0. The van der Waals surface area contributed by atoms with E-state index in [2.05, 4.69) is 5.32 Å². The lowest BCUT2D eigenvalue weighted by molar-refractivity contribution is -0.136. The predicted octanol–water partition coefficient (Wildman–Crippen LogP) is 1.27. The van der Waals surface area contributed by atoms with Crippen LogP contribution in [0.15, 0.2) is 24.3 Å². The molecule has 0 spiro atoms. The Morgan fingerprint density at radius 2 is 1.85 bits per heavy atom. The van der Waals surface area contributed by atoms with Gasteiger partial charge in [0.25, 0.3) is 0 Å². The van der Waals surface area contributed by atoms with Gasteiger partial charge in [-0.2, -0.15) is 0 Å². The molecule has 0 radical (unpaired) electrons. The van der Waals surface area contributed by atoms with Gasteiger partial charge in [0.05, 0.1) is 6.42 Å². The van der Waals surface area contributed by atoms with Gasteiger partial charge in [0.15, 0.2) is 0 Å². The van der Waals surface area contributed by atoms with Crippen LogP contribution in [0.25, 0.3) is 0 Å². The fourth-order valence-corrected chi connectivity index (χ4v) is 2.19. The maximum absolute atomic E-state index is 12.0. The second-order valence-corrected chi connectivity index (χ2v) is 5.02. The monoisotopic (exact) mass is 277 g/mol. The Bertz CT molecular complexity index is 479. The van der Waals surface area contributed by atoms with Crippen molar-refractivity contribution in [1.82, 2.24) is 4.90 Å². The van der Waals surface area contributed by atoms with Crippen molar-refractivity contribution >= 4 is 17.7 Å². The summed E-state index contributed by atoms with van der Waals surface area (Å²) in [6.45, 7) is 1.34. The zero-order valence-electron chi connectivity index (χ0n) is 11.2. The number of piperidine rings is 1. The zero-order chi connectivity index (χ0) is 14.5. The second kappa shape index (κ2) is 6.38. The smallest absolute Gasteiger partial charge is 0.321 e. The summed E-state index contributed by atoms with van der Waals surface area (Å²) < 4.78 is 0. The van der Waals surface area contributed by atoms with Crippen LogP contribution in [0.1, 0.15) is 18.4 Å². The van der Waals surface area contributed by atoms with Crippen molar-refractivity contribution in [1.29, 1.82) is 0 Å². The minimum absolute atomic E-state index is 0.0156. The highest BCUT2D eigenvalue weighted by Crippen LogP contribution is 2.13. The molecule has 20 heavy (non-hydrogen) atoms. The summed E-state index contributed by atoms with van der Waals surface area (Å²) >= 11 is 0. The molecule has 4 N–H and O–H groups in total. The number of aliphatic carboxylic acids is 1. The topological polar surface area (TPSA) is 95.7 Å². The predicted molar refractivity (Wildman–Crippen MR) is 75.6 cm³/mol. The number of carboxylic acid groups (broad SMARTS) is 1. The number of hydrogen-bond donors (Lipinski definition) is 3. The van der Waals surface area contributed by atoms with Gasteiger partial charge >= 0.3 is 12.0 Å². The Labute approximate surface area is 117 Å². The molecular formula is C14H19N3O3. The van der Waals surface area contributed by atoms with E-state index in [1.54, 1.807) is 29.2 Å². The average molecular weight is 277 g/mol. The number of hydrogen-bond acceptors (Lipinski definition) is 3. The number of nitrogens with one attached hydrogen (secondary N) is 1. The molecule has 1 heterocycles. The molecule has 1 aromatic rings. The van der Waals surface area contributed by atoms with Crippen LogP contribution < -0.4 is 11.1 Å². The molecule has 2 rings (SSSR count). The van der Waals surface area contributed by atoms with Crippen LogP contribution in [0.5, 0.6) is 0 Å². The summed E-state index contributed by atoms with van der Waals surface area (Å²) in [6, 6.07) is 6.89. The number of nitrogens with zero attached hydrogens (tertiary/aromatic N) is 1. The highest BCUT2D eigenvalue weighted by molar-refractivity contribution is 5.89. The normalized spacial score (nSPS) is 15.9. The number of anilines is 1. The van der Waals surface area contributed by atoms with Gasteiger partial charge in [-0.15, -0.1) is 0 Å². The summed E-state index contributed by atoms with van der Waals surface area (Å²) in [6.07, 6.45) is 1.63. The maximum atomic E-state index is 12.0. The Balaban J connectivity index is 1.89. The van der Waals surface area contributed by atoms with Crippen molar-refractivity contribution in [2.45, 2.75) is 25.3 Å². The number of benzene rings is 1. The Morgan fingerprint density at radius 3 is 2.40 bits per heavy atom. The number of rotatable bonds is 3. The van der Waals surface area contributed by atoms with E-state index in [4.69, 9.17) is 10.8 Å². The number of carbonyl (C=O) groups excluding carboxylic acids is 1. The Hall–Kier alpha value is -2.08. The molecular weight excluding hydrogens is 258 g/mol. The highest BCUT2D eigenvalue weighted by atomic mass is 16.4. The van der Waals surface area contributed by atoms with Crippen molar-refractivity contribution in [2.75, 3.05) is 18.4 Å². The van der Waals surface area contributed by atoms with Gasteiger partial charge < -0.3 is 21.1 Å². The third-order valence-electron chi connectivity index (χ3n) is 3.39. The molecule has 0 saturated carbocycles. The second-order valence-electron chi connectivity index (χ2n) is 5.02. The molecule has 1 aliphatic rings. The van der Waals surface area contributed by atoms with Crippen LogP contribution in [0.2, 0.25) is 0 Å². The zero-order valence-corrected chi connectivity index (χ0v) is 11.2. The van der Waals surface area contributed by atoms with Crippen LogP contribution in [-0.4, -0.2) is 41.1 Å². The molecule has 6 heteroatoms. The minimum Gasteiger partial charge on any atom is -0.481 e. The molecule has 1 saturated heterocycles. The van der Waals surface area contributed by atoms with Gasteiger partial charge in [-0.3, -0.25) is 4.79 Å². The van der Waals surface area contributed by atoms with E-state index in [0.29, 0.717) is 24.3 Å². The first-order valence-corrected chi connectivity index (χ1v) is 6.67. The van der Waals surface area contributed by atoms with Crippen molar-refractivity contribution in [3.63, 3.8) is 0 Å². The van der Waals surface area contributed by atoms with Crippen molar-refractivity contribution in [3.05, 3.63) is 29.8 Å². The van der Waals surface area contributed by atoms with Gasteiger partial charge in [-0.05, 0) is 30.5 Å². The molecule has 0 aromatic heterocycles. The molecule has 1 aliphatic heterocycles. The lowest BCUT2D eigenvalue weighted by Crippen LogP contribution is -2.44. The number of likely N-dealkylation sites (tertiary alicyclic amines) is 1. The summed E-state index contributed by atoms with van der Waals surface area (Å²) in [5, 5.41) is 11.5. The van der Waals surface area contributed by atoms with E-state index in [1.807, 2.05) is 0 Å². The molecule has 0 bridgehead atoms.